The fourth-order valence-electron chi connectivity index (χ4n) is 3.60. The monoisotopic (exact) mass is 366 g/mol. The molecule has 0 bridgehead atoms. The zero-order chi connectivity index (χ0) is 18.8. The molecule has 3 aromatic rings. The number of H-pyrrole nitrogens is 1. The van der Waals surface area contributed by atoms with Crippen molar-refractivity contribution in [2.75, 3.05) is 37.6 Å². The first kappa shape index (κ1) is 17.5. The number of aromatic amines is 1. The average Bonchev–Trinajstić information content (AvgIpc) is 3.16. The van der Waals surface area contributed by atoms with Crippen LogP contribution in [0.2, 0.25) is 0 Å². The van der Waals surface area contributed by atoms with Crippen LogP contribution < -0.4 is 4.90 Å². The molecule has 27 heavy (non-hydrogen) atoms. The Morgan fingerprint density at radius 2 is 1.81 bits per heavy atom. The van der Waals surface area contributed by atoms with Crippen molar-refractivity contribution in [1.29, 1.82) is 0 Å². The van der Waals surface area contributed by atoms with E-state index in [4.69, 9.17) is 0 Å². The second kappa shape index (κ2) is 7.38. The molecule has 7 heteroatoms. The number of aliphatic hydroxyl groups is 1. The van der Waals surface area contributed by atoms with Gasteiger partial charge in [0.15, 0.2) is 0 Å². The third-order valence-electron chi connectivity index (χ3n) is 5.19. The molecule has 2 aromatic carbocycles. The summed E-state index contributed by atoms with van der Waals surface area (Å²) < 4.78 is 0. The van der Waals surface area contributed by atoms with E-state index in [1.54, 1.807) is 24.3 Å². The Kier molecular flexibility index (Phi) is 4.79. The molecule has 0 spiro atoms. The van der Waals surface area contributed by atoms with Crippen molar-refractivity contribution in [2.24, 2.45) is 0 Å². The second-order valence-electron chi connectivity index (χ2n) is 6.90. The lowest BCUT2D eigenvalue weighted by Crippen LogP contribution is -2.47. The molecule has 4 rings (SSSR count). The minimum atomic E-state index is -0.524. The number of β-amino-alcohol motifs (C(OH)–C–C–N with tert-alkyl or cyclic N) is 1. The highest BCUT2D eigenvalue weighted by Crippen LogP contribution is 2.23. The molecule has 1 fully saturated rings. The van der Waals surface area contributed by atoms with E-state index in [0.29, 0.717) is 6.54 Å². The number of anilines is 1. The molecule has 140 valence electrons. The van der Waals surface area contributed by atoms with E-state index in [0.717, 1.165) is 48.3 Å². The van der Waals surface area contributed by atoms with E-state index >= 15 is 0 Å². The Morgan fingerprint density at radius 1 is 1.07 bits per heavy atom. The van der Waals surface area contributed by atoms with E-state index in [-0.39, 0.29) is 10.6 Å². The zero-order valence-corrected chi connectivity index (χ0v) is 14.9. The average molecular weight is 366 g/mol. The highest BCUT2D eigenvalue weighted by atomic mass is 16.6. The van der Waals surface area contributed by atoms with Gasteiger partial charge in [-0.05, 0) is 35.2 Å². The number of piperazine rings is 1. The Hall–Kier alpha value is -2.90. The second-order valence-corrected chi connectivity index (χ2v) is 6.90. The quantitative estimate of drug-likeness (QED) is 0.536. The third kappa shape index (κ3) is 3.79. The van der Waals surface area contributed by atoms with E-state index in [2.05, 4.69) is 14.8 Å². The van der Waals surface area contributed by atoms with Crippen LogP contribution >= 0.6 is 0 Å². The van der Waals surface area contributed by atoms with Crippen LogP contribution in [0.15, 0.2) is 54.7 Å². The Morgan fingerprint density at radius 3 is 2.52 bits per heavy atom. The summed E-state index contributed by atoms with van der Waals surface area (Å²) >= 11 is 0. The number of hydrogen-bond donors (Lipinski definition) is 2. The highest BCUT2D eigenvalue weighted by Gasteiger charge is 2.21. The van der Waals surface area contributed by atoms with Crippen molar-refractivity contribution in [2.45, 2.75) is 6.10 Å². The summed E-state index contributed by atoms with van der Waals surface area (Å²) in [5.74, 6) is 0. The summed E-state index contributed by atoms with van der Waals surface area (Å²) in [6.07, 6.45) is 1.38. The predicted octanol–water partition coefficient (Wildman–Crippen LogP) is 2.93. The number of fused-ring (bicyclic) bond motifs is 1. The number of aromatic nitrogens is 1. The Labute approximate surface area is 157 Å². The summed E-state index contributed by atoms with van der Waals surface area (Å²) in [5.41, 5.74) is 3.06. The van der Waals surface area contributed by atoms with Crippen LogP contribution in [0.3, 0.4) is 0 Å². The molecular formula is C20H22N4O3. The number of nitrogens with zero attached hydrogens (tertiary/aromatic N) is 3. The first-order valence-electron chi connectivity index (χ1n) is 9.07. The molecule has 1 saturated heterocycles. The van der Waals surface area contributed by atoms with Crippen molar-refractivity contribution in [3.63, 3.8) is 0 Å². The normalized spacial score (nSPS) is 16.6. The molecular weight excluding hydrogens is 344 g/mol. The smallest absolute Gasteiger partial charge is 0.269 e. The number of nitro benzene ring substituents is 1. The standard InChI is InChI=1S/C20H22N4O3/c25-20(16-2-1-15-7-8-21-19(15)13-16)14-22-9-11-23(12-10-22)17-3-5-18(6-4-17)24(26)27/h1-8,13,20-21,25H,9-12,14H2. The van der Waals surface area contributed by atoms with Crippen LogP contribution in [0, 0.1) is 10.1 Å². The Bertz CT molecular complexity index is 930. The lowest BCUT2D eigenvalue weighted by Gasteiger charge is -2.36. The predicted molar refractivity (Wildman–Crippen MR) is 105 cm³/mol. The van der Waals surface area contributed by atoms with Gasteiger partial charge in [0.25, 0.3) is 5.69 Å². The number of aliphatic hydroxyl groups excluding tert-OH is 1. The van der Waals surface area contributed by atoms with Gasteiger partial charge in [0.2, 0.25) is 0 Å². The molecule has 2 N–H and O–H groups in total. The summed E-state index contributed by atoms with van der Waals surface area (Å²) in [5, 5.41) is 22.5. The van der Waals surface area contributed by atoms with Crippen LogP contribution in [0.4, 0.5) is 11.4 Å². The van der Waals surface area contributed by atoms with Crippen LogP contribution in [-0.4, -0.2) is 52.6 Å². The molecule has 7 nitrogen and oxygen atoms in total. The Balaban J connectivity index is 1.34. The van der Waals surface area contributed by atoms with Crippen molar-refractivity contribution in [1.82, 2.24) is 9.88 Å². The number of benzene rings is 2. The number of rotatable bonds is 5. The largest absolute Gasteiger partial charge is 0.387 e. The molecule has 0 amide bonds. The van der Waals surface area contributed by atoms with Gasteiger partial charge in [0.05, 0.1) is 11.0 Å². The van der Waals surface area contributed by atoms with Gasteiger partial charge in [0.1, 0.15) is 0 Å². The number of nitro groups is 1. The van der Waals surface area contributed by atoms with E-state index in [1.165, 1.54) is 0 Å². The lowest BCUT2D eigenvalue weighted by molar-refractivity contribution is -0.384. The molecule has 2 heterocycles. The molecule has 1 atom stereocenters. The van der Waals surface area contributed by atoms with Crippen molar-refractivity contribution >= 4 is 22.3 Å². The number of non-ortho nitro benzene ring substituents is 1. The van der Waals surface area contributed by atoms with Gasteiger partial charge in [-0.3, -0.25) is 15.0 Å². The first-order valence-corrected chi connectivity index (χ1v) is 9.07. The van der Waals surface area contributed by atoms with Crippen LogP contribution in [0.5, 0.6) is 0 Å². The van der Waals surface area contributed by atoms with Gasteiger partial charge >= 0.3 is 0 Å². The maximum absolute atomic E-state index is 10.8. The van der Waals surface area contributed by atoms with Crippen LogP contribution in [0.25, 0.3) is 10.9 Å². The SMILES string of the molecule is O=[N+]([O-])c1ccc(N2CCN(CC(O)c3ccc4cc[nH]c4c3)CC2)cc1. The molecule has 1 unspecified atom stereocenters. The van der Waals surface area contributed by atoms with Crippen molar-refractivity contribution < 1.29 is 10.0 Å². The minimum Gasteiger partial charge on any atom is -0.387 e. The maximum Gasteiger partial charge on any atom is 0.269 e. The molecule has 1 aliphatic rings. The van der Waals surface area contributed by atoms with Gasteiger partial charge in [-0.25, -0.2) is 0 Å². The summed E-state index contributed by atoms with van der Waals surface area (Å²) in [4.78, 5) is 18.0. The van der Waals surface area contributed by atoms with Gasteiger partial charge in [0, 0.05) is 62.3 Å². The lowest BCUT2D eigenvalue weighted by atomic mass is 10.1. The van der Waals surface area contributed by atoms with Crippen molar-refractivity contribution in [3.05, 3.63) is 70.4 Å². The minimum absolute atomic E-state index is 0.111. The van der Waals surface area contributed by atoms with Gasteiger partial charge in [-0.15, -0.1) is 0 Å². The fraction of sp³-hybridized carbons (Fsp3) is 0.300. The highest BCUT2D eigenvalue weighted by molar-refractivity contribution is 5.79. The summed E-state index contributed by atoms with van der Waals surface area (Å²) in [6, 6.07) is 14.7. The zero-order valence-electron chi connectivity index (χ0n) is 14.9. The first-order chi connectivity index (χ1) is 13.1. The molecule has 1 aliphatic heterocycles. The number of nitrogens with one attached hydrogen (secondary N) is 1. The summed E-state index contributed by atoms with van der Waals surface area (Å²) in [7, 11) is 0. The topological polar surface area (TPSA) is 85.6 Å². The van der Waals surface area contributed by atoms with Crippen LogP contribution in [-0.2, 0) is 0 Å². The molecule has 0 radical (unpaired) electrons. The molecule has 0 aliphatic carbocycles. The molecule has 1 aromatic heterocycles. The van der Waals surface area contributed by atoms with E-state index < -0.39 is 6.10 Å². The van der Waals surface area contributed by atoms with Gasteiger partial charge < -0.3 is 15.0 Å². The number of hydrogen-bond acceptors (Lipinski definition) is 5. The summed E-state index contributed by atoms with van der Waals surface area (Å²) in [6.45, 7) is 3.96. The molecule has 0 saturated carbocycles. The third-order valence-corrected chi connectivity index (χ3v) is 5.19. The van der Waals surface area contributed by atoms with Crippen molar-refractivity contribution in [3.8, 4) is 0 Å². The van der Waals surface area contributed by atoms with E-state index in [9.17, 15) is 15.2 Å². The van der Waals surface area contributed by atoms with E-state index in [1.807, 2.05) is 30.5 Å². The maximum atomic E-state index is 10.8. The van der Waals surface area contributed by atoms with Gasteiger partial charge in [-0.1, -0.05) is 12.1 Å². The van der Waals surface area contributed by atoms with Crippen LogP contribution in [0.1, 0.15) is 11.7 Å². The van der Waals surface area contributed by atoms with Gasteiger partial charge in [-0.2, -0.15) is 0 Å². The fourth-order valence-corrected chi connectivity index (χ4v) is 3.60.